The van der Waals surface area contributed by atoms with Crippen molar-refractivity contribution in [2.75, 3.05) is 32.2 Å². The van der Waals surface area contributed by atoms with Gasteiger partial charge in [-0.15, -0.1) is 0 Å². The van der Waals surface area contributed by atoms with Crippen molar-refractivity contribution in [3.8, 4) is 0 Å². The highest BCUT2D eigenvalue weighted by Gasteiger charge is 2.17. The Morgan fingerprint density at radius 3 is 1.93 bits per heavy atom. The molecule has 0 aromatic carbocycles. The first kappa shape index (κ1) is 13.8. The zero-order chi connectivity index (χ0) is 11.2. The Labute approximate surface area is 82.3 Å². The van der Waals surface area contributed by atoms with Crippen LogP contribution in [0.4, 0.5) is 0 Å². The van der Waals surface area contributed by atoms with Gasteiger partial charge in [-0.2, -0.15) is 8.42 Å². The fourth-order valence-corrected chi connectivity index (χ4v) is 1.36. The van der Waals surface area contributed by atoms with Crippen molar-refractivity contribution in [1.29, 1.82) is 0 Å². The van der Waals surface area contributed by atoms with E-state index in [0.717, 1.165) is 4.90 Å². The van der Waals surface area contributed by atoms with Crippen LogP contribution in [-0.2, 0) is 10.1 Å². The van der Waals surface area contributed by atoms with Gasteiger partial charge in [0.25, 0.3) is 10.1 Å². The Kier molecular flexibility index (Phi) is 6.16. The summed E-state index contributed by atoms with van der Waals surface area (Å²) in [6.45, 7) is -1.45. The zero-order valence-electron chi connectivity index (χ0n) is 7.57. The standard InChI is InChI=1S/C6H15NO6S/c8-3-6(4-9)7(5-10)1-2-14(11,12)13/h6,8-10H,1-5H2,(H,11,12,13). The summed E-state index contributed by atoms with van der Waals surface area (Å²) in [4.78, 5) is 1.15. The molecule has 0 bridgehead atoms. The third-order valence-corrected chi connectivity index (χ3v) is 2.45. The van der Waals surface area contributed by atoms with E-state index in [4.69, 9.17) is 19.9 Å². The van der Waals surface area contributed by atoms with Crippen LogP contribution >= 0.6 is 0 Å². The second-order valence-corrected chi connectivity index (χ2v) is 4.33. The lowest BCUT2D eigenvalue weighted by Gasteiger charge is -2.26. The zero-order valence-corrected chi connectivity index (χ0v) is 8.39. The third-order valence-electron chi connectivity index (χ3n) is 1.76. The highest BCUT2D eigenvalue weighted by atomic mass is 32.2. The predicted octanol–water partition coefficient (Wildman–Crippen LogP) is -2.52. The van der Waals surface area contributed by atoms with E-state index in [-0.39, 0.29) is 6.54 Å². The van der Waals surface area contributed by atoms with Gasteiger partial charge in [0, 0.05) is 6.54 Å². The highest BCUT2D eigenvalue weighted by Crippen LogP contribution is 1.98. The Morgan fingerprint density at radius 2 is 1.64 bits per heavy atom. The van der Waals surface area contributed by atoms with Gasteiger partial charge in [0.2, 0.25) is 0 Å². The average molecular weight is 229 g/mol. The normalized spacial score (nSPS) is 12.7. The fraction of sp³-hybridized carbons (Fsp3) is 1.00. The van der Waals surface area contributed by atoms with Crippen LogP contribution in [0.15, 0.2) is 0 Å². The topological polar surface area (TPSA) is 118 Å². The average Bonchev–Trinajstić information content (AvgIpc) is 2.10. The van der Waals surface area contributed by atoms with Gasteiger partial charge in [-0.3, -0.25) is 9.45 Å². The van der Waals surface area contributed by atoms with Crippen LogP contribution in [-0.4, -0.2) is 71.5 Å². The van der Waals surface area contributed by atoms with Gasteiger partial charge in [-0.25, -0.2) is 0 Å². The lowest BCUT2D eigenvalue weighted by Crippen LogP contribution is -2.43. The molecule has 0 fully saturated rings. The van der Waals surface area contributed by atoms with Gasteiger partial charge in [0.15, 0.2) is 0 Å². The molecule has 0 rings (SSSR count). The van der Waals surface area contributed by atoms with Gasteiger partial charge < -0.3 is 15.3 Å². The molecule has 0 aliphatic carbocycles. The predicted molar refractivity (Wildman–Crippen MR) is 48.2 cm³/mol. The van der Waals surface area contributed by atoms with E-state index in [0.29, 0.717) is 0 Å². The lowest BCUT2D eigenvalue weighted by molar-refractivity contribution is 0.0180. The van der Waals surface area contributed by atoms with Crippen LogP contribution < -0.4 is 0 Å². The first-order valence-corrected chi connectivity index (χ1v) is 5.57. The first-order valence-electron chi connectivity index (χ1n) is 3.96. The Balaban J connectivity index is 4.14. The molecule has 0 aliphatic rings. The molecule has 0 saturated heterocycles. The second-order valence-electron chi connectivity index (χ2n) is 2.76. The first-order chi connectivity index (χ1) is 6.44. The van der Waals surface area contributed by atoms with E-state index in [1.54, 1.807) is 0 Å². The number of aliphatic hydroxyl groups is 3. The van der Waals surface area contributed by atoms with Crippen LogP contribution in [0.5, 0.6) is 0 Å². The van der Waals surface area contributed by atoms with Gasteiger partial charge in [0.1, 0.15) is 0 Å². The van der Waals surface area contributed by atoms with Crippen molar-refractivity contribution >= 4 is 10.1 Å². The quantitative estimate of drug-likeness (QED) is 0.281. The van der Waals surface area contributed by atoms with Crippen molar-refractivity contribution in [2.45, 2.75) is 6.04 Å². The fourth-order valence-electron chi connectivity index (χ4n) is 0.890. The van der Waals surface area contributed by atoms with Crippen LogP contribution in [0, 0.1) is 0 Å². The monoisotopic (exact) mass is 229 g/mol. The van der Waals surface area contributed by atoms with Crippen molar-refractivity contribution < 1.29 is 28.3 Å². The molecule has 0 saturated carbocycles. The van der Waals surface area contributed by atoms with E-state index in [2.05, 4.69) is 0 Å². The SMILES string of the molecule is O=S(=O)(O)CCN(CO)C(CO)CO. The molecule has 4 N–H and O–H groups in total. The van der Waals surface area contributed by atoms with E-state index in [9.17, 15) is 8.42 Å². The number of nitrogens with zero attached hydrogens (tertiary/aromatic N) is 1. The molecule has 86 valence electrons. The highest BCUT2D eigenvalue weighted by molar-refractivity contribution is 7.85. The molecule has 0 aromatic rings. The van der Waals surface area contributed by atoms with Crippen LogP contribution in [0.25, 0.3) is 0 Å². The second kappa shape index (κ2) is 6.27. The Morgan fingerprint density at radius 1 is 1.14 bits per heavy atom. The molecule has 0 heterocycles. The summed E-state index contributed by atoms with van der Waals surface area (Å²) in [7, 11) is -4.10. The minimum absolute atomic E-state index is 0.152. The molecule has 0 unspecified atom stereocenters. The summed E-state index contributed by atoms with van der Waals surface area (Å²) in [5.41, 5.74) is 0. The largest absolute Gasteiger partial charge is 0.395 e. The number of hydrogen-bond donors (Lipinski definition) is 4. The summed E-state index contributed by atoms with van der Waals surface area (Å²) in [5, 5.41) is 26.2. The van der Waals surface area contributed by atoms with Gasteiger partial charge in [-0.05, 0) is 0 Å². The van der Waals surface area contributed by atoms with E-state index in [1.165, 1.54) is 0 Å². The van der Waals surface area contributed by atoms with Gasteiger partial charge in [-0.1, -0.05) is 0 Å². The molecular formula is C6H15NO6S. The van der Waals surface area contributed by atoms with Crippen LogP contribution in [0.3, 0.4) is 0 Å². The van der Waals surface area contributed by atoms with Crippen LogP contribution in [0.2, 0.25) is 0 Å². The molecule has 7 nitrogen and oxygen atoms in total. The molecule has 0 aromatic heterocycles. The maximum absolute atomic E-state index is 10.4. The van der Waals surface area contributed by atoms with Crippen molar-refractivity contribution in [3.63, 3.8) is 0 Å². The molecule has 0 aliphatic heterocycles. The molecule has 0 radical (unpaired) electrons. The number of rotatable bonds is 7. The number of aliphatic hydroxyl groups excluding tert-OH is 3. The number of hydrogen-bond acceptors (Lipinski definition) is 6. The Hall–Kier alpha value is -0.250. The maximum Gasteiger partial charge on any atom is 0.266 e. The van der Waals surface area contributed by atoms with Crippen molar-refractivity contribution in [2.24, 2.45) is 0 Å². The molecule has 0 spiro atoms. The Bertz CT molecular complexity index is 237. The third kappa shape index (κ3) is 5.47. The molecule has 8 heteroatoms. The smallest absolute Gasteiger partial charge is 0.266 e. The van der Waals surface area contributed by atoms with Crippen molar-refractivity contribution in [1.82, 2.24) is 4.90 Å². The summed E-state index contributed by atoms with van der Waals surface area (Å²) < 4.78 is 29.2. The molecule has 0 atom stereocenters. The minimum Gasteiger partial charge on any atom is -0.395 e. The van der Waals surface area contributed by atoms with Gasteiger partial charge in [0.05, 0.1) is 31.7 Å². The molecular weight excluding hydrogens is 214 g/mol. The minimum atomic E-state index is -4.10. The van der Waals surface area contributed by atoms with E-state index in [1.807, 2.05) is 0 Å². The summed E-state index contributed by atoms with van der Waals surface area (Å²) >= 11 is 0. The molecule has 0 amide bonds. The summed E-state index contributed by atoms with van der Waals surface area (Å²) in [6, 6.07) is -0.721. The summed E-state index contributed by atoms with van der Waals surface area (Å²) in [6.07, 6.45) is 0. The van der Waals surface area contributed by atoms with E-state index < -0.39 is 41.9 Å². The van der Waals surface area contributed by atoms with Crippen LogP contribution in [0.1, 0.15) is 0 Å². The van der Waals surface area contributed by atoms with Crippen molar-refractivity contribution in [3.05, 3.63) is 0 Å². The van der Waals surface area contributed by atoms with E-state index >= 15 is 0 Å². The summed E-state index contributed by atoms with van der Waals surface area (Å²) in [5.74, 6) is -0.552. The van der Waals surface area contributed by atoms with Gasteiger partial charge >= 0.3 is 0 Å². The lowest BCUT2D eigenvalue weighted by atomic mass is 10.3. The molecule has 14 heavy (non-hydrogen) atoms. The maximum atomic E-state index is 10.4.